The van der Waals surface area contributed by atoms with Gasteiger partial charge in [-0.05, 0) is 32.2 Å². The minimum absolute atomic E-state index is 0.0180. The molecule has 0 bridgehead atoms. The van der Waals surface area contributed by atoms with Gasteiger partial charge in [0.15, 0.2) is 0 Å². The van der Waals surface area contributed by atoms with Crippen LogP contribution in [0.2, 0.25) is 0 Å². The smallest absolute Gasteiger partial charge is 0.263 e. The monoisotopic (exact) mass is 372 g/mol. The molecule has 1 heterocycles. The van der Waals surface area contributed by atoms with Crippen molar-refractivity contribution in [2.24, 2.45) is 0 Å². The maximum absolute atomic E-state index is 12.3. The molecule has 1 amide bonds. The van der Waals surface area contributed by atoms with Crippen molar-refractivity contribution in [2.45, 2.75) is 18.6 Å². The van der Waals surface area contributed by atoms with Crippen LogP contribution in [0.3, 0.4) is 0 Å². The number of benzene rings is 1. The summed E-state index contributed by atoms with van der Waals surface area (Å²) in [6.45, 7) is 4.82. The van der Waals surface area contributed by atoms with Crippen LogP contribution in [0.4, 0.5) is 5.69 Å². The highest BCUT2D eigenvalue weighted by Crippen LogP contribution is 2.35. The van der Waals surface area contributed by atoms with E-state index in [4.69, 9.17) is 5.73 Å². The minimum atomic E-state index is -0.0954. The largest absolute Gasteiger partial charge is 0.397 e. The molecule has 0 atom stereocenters. The van der Waals surface area contributed by atoms with E-state index in [2.05, 4.69) is 35.1 Å². The normalized spacial score (nSPS) is 11.8. The number of nitrogens with two attached hydrogens (primary N) is 1. The third-order valence-corrected chi connectivity index (χ3v) is 6.03. The first-order valence-corrected chi connectivity index (χ1v) is 8.98. The summed E-state index contributed by atoms with van der Waals surface area (Å²) in [7, 11) is 0. The van der Waals surface area contributed by atoms with Crippen LogP contribution >= 0.6 is 39.0 Å². The summed E-state index contributed by atoms with van der Waals surface area (Å²) in [4.78, 5) is 12.9. The molecule has 0 fully saturated rings. The fourth-order valence-electron chi connectivity index (χ4n) is 1.70. The Morgan fingerprint density at radius 2 is 2.20 bits per heavy atom. The lowest BCUT2D eigenvalue weighted by molar-refractivity contribution is 0.0955. The zero-order valence-corrected chi connectivity index (χ0v) is 14.8. The van der Waals surface area contributed by atoms with E-state index in [-0.39, 0.29) is 10.7 Å². The number of nitrogen functional groups attached to an aromatic ring is 1. The van der Waals surface area contributed by atoms with Crippen LogP contribution in [0.15, 0.2) is 22.7 Å². The van der Waals surface area contributed by atoms with Gasteiger partial charge in [0.1, 0.15) is 4.88 Å². The van der Waals surface area contributed by atoms with Crippen LogP contribution < -0.4 is 11.1 Å². The number of hydrogen-bond acceptors (Lipinski definition) is 4. The number of hydrogen-bond donors (Lipinski definition) is 2. The summed E-state index contributed by atoms with van der Waals surface area (Å²) in [6.07, 6.45) is 2.04. The van der Waals surface area contributed by atoms with Crippen LogP contribution in [0.5, 0.6) is 0 Å². The average molecular weight is 373 g/mol. The van der Waals surface area contributed by atoms with E-state index in [1.165, 1.54) is 11.3 Å². The number of nitrogens with one attached hydrogen (secondary N) is 1. The lowest BCUT2D eigenvalue weighted by Gasteiger charge is -2.22. The molecular weight excluding hydrogens is 356 g/mol. The number of anilines is 1. The Morgan fingerprint density at radius 3 is 2.85 bits per heavy atom. The number of fused-ring (bicyclic) bond motifs is 1. The molecule has 0 unspecified atom stereocenters. The van der Waals surface area contributed by atoms with Crippen LogP contribution in [0.25, 0.3) is 10.1 Å². The van der Waals surface area contributed by atoms with E-state index in [1.54, 1.807) is 11.8 Å². The summed E-state index contributed by atoms with van der Waals surface area (Å²) in [5.41, 5.74) is 6.66. The standard InChI is InChI=1S/C14H17BrN2OS2/c1-14(2,19-3)7-17-13(18)12-11(16)9-5-4-8(15)6-10(9)20-12/h4-6H,7,16H2,1-3H3,(H,17,18). The maximum atomic E-state index is 12.3. The zero-order chi connectivity index (χ0) is 14.9. The van der Waals surface area contributed by atoms with Crippen molar-refractivity contribution in [3.05, 3.63) is 27.5 Å². The first-order valence-electron chi connectivity index (χ1n) is 6.15. The van der Waals surface area contributed by atoms with Crippen molar-refractivity contribution in [3.63, 3.8) is 0 Å². The number of thioether (sulfide) groups is 1. The number of thiophene rings is 1. The van der Waals surface area contributed by atoms with Gasteiger partial charge in [-0.1, -0.05) is 22.0 Å². The summed E-state index contributed by atoms with van der Waals surface area (Å²) in [5.74, 6) is -0.0954. The van der Waals surface area contributed by atoms with Gasteiger partial charge in [0.25, 0.3) is 5.91 Å². The zero-order valence-electron chi connectivity index (χ0n) is 11.6. The molecule has 0 saturated carbocycles. The maximum Gasteiger partial charge on any atom is 0.263 e. The second kappa shape index (κ2) is 5.95. The van der Waals surface area contributed by atoms with Gasteiger partial charge in [0, 0.05) is 25.9 Å². The molecule has 6 heteroatoms. The van der Waals surface area contributed by atoms with Crippen LogP contribution in [0, 0.1) is 0 Å². The third kappa shape index (κ3) is 3.30. The molecule has 0 aliphatic carbocycles. The Balaban J connectivity index is 2.24. The second-order valence-electron chi connectivity index (χ2n) is 5.13. The van der Waals surface area contributed by atoms with Gasteiger partial charge in [-0.3, -0.25) is 4.79 Å². The average Bonchev–Trinajstić information content (AvgIpc) is 2.73. The summed E-state index contributed by atoms with van der Waals surface area (Å²) in [6, 6.07) is 5.86. The SMILES string of the molecule is CSC(C)(C)CNC(=O)c1sc2cc(Br)ccc2c1N. The van der Waals surface area contributed by atoms with Gasteiger partial charge in [0.2, 0.25) is 0 Å². The number of amides is 1. The lowest BCUT2D eigenvalue weighted by Crippen LogP contribution is -2.35. The highest BCUT2D eigenvalue weighted by Gasteiger charge is 2.20. The van der Waals surface area contributed by atoms with Gasteiger partial charge in [-0.25, -0.2) is 0 Å². The van der Waals surface area contributed by atoms with Gasteiger partial charge >= 0.3 is 0 Å². The van der Waals surface area contributed by atoms with E-state index >= 15 is 0 Å². The predicted molar refractivity (Wildman–Crippen MR) is 93.9 cm³/mol. The molecule has 20 heavy (non-hydrogen) atoms. The van der Waals surface area contributed by atoms with Gasteiger partial charge in [0.05, 0.1) is 5.69 Å². The van der Waals surface area contributed by atoms with E-state index in [9.17, 15) is 4.79 Å². The Kier molecular flexibility index (Phi) is 4.66. The molecule has 0 aliphatic rings. The molecular formula is C14H17BrN2OS2. The Morgan fingerprint density at radius 1 is 1.50 bits per heavy atom. The Labute approximate surface area is 135 Å². The van der Waals surface area contributed by atoms with E-state index in [0.717, 1.165) is 14.6 Å². The molecule has 3 nitrogen and oxygen atoms in total. The minimum Gasteiger partial charge on any atom is -0.397 e. The molecule has 2 aromatic rings. The highest BCUT2D eigenvalue weighted by molar-refractivity contribution is 9.10. The highest BCUT2D eigenvalue weighted by atomic mass is 79.9. The molecule has 108 valence electrons. The van der Waals surface area contributed by atoms with Crippen LogP contribution in [-0.4, -0.2) is 23.5 Å². The molecule has 0 spiro atoms. The van der Waals surface area contributed by atoms with Crippen molar-refractivity contribution in [1.29, 1.82) is 0 Å². The van der Waals surface area contributed by atoms with Crippen molar-refractivity contribution < 1.29 is 4.79 Å². The number of carbonyl (C=O) groups is 1. The molecule has 0 aliphatic heterocycles. The van der Waals surface area contributed by atoms with E-state index in [0.29, 0.717) is 17.1 Å². The fourth-order valence-corrected chi connectivity index (χ4v) is 3.51. The molecule has 0 radical (unpaired) electrons. The number of rotatable bonds is 4. The van der Waals surface area contributed by atoms with Crippen molar-refractivity contribution in [1.82, 2.24) is 5.32 Å². The first kappa shape index (κ1) is 15.7. The van der Waals surface area contributed by atoms with Crippen LogP contribution in [0.1, 0.15) is 23.5 Å². The molecule has 2 rings (SSSR count). The van der Waals surface area contributed by atoms with Crippen LogP contribution in [-0.2, 0) is 0 Å². The summed E-state index contributed by atoms with van der Waals surface area (Å²) in [5, 5.41) is 3.90. The summed E-state index contributed by atoms with van der Waals surface area (Å²) < 4.78 is 2.03. The Hall–Kier alpha value is -0.720. The van der Waals surface area contributed by atoms with E-state index in [1.807, 2.05) is 24.5 Å². The molecule has 1 aromatic heterocycles. The topological polar surface area (TPSA) is 55.1 Å². The van der Waals surface area contributed by atoms with Crippen molar-refractivity contribution in [2.75, 3.05) is 18.5 Å². The van der Waals surface area contributed by atoms with Gasteiger partial charge in [-0.15, -0.1) is 11.3 Å². The lowest BCUT2D eigenvalue weighted by atomic mass is 10.2. The number of carbonyl (C=O) groups excluding carboxylic acids is 1. The third-order valence-electron chi connectivity index (χ3n) is 3.12. The Bertz CT molecular complexity index is 652. The van der Waals surface area contributed by atoms with Crippen molar-refractivity contribution >= 4 is 60.7 Å². The molecule has 0 saturated heterocycles. The molecule has 1 aromatic carbocycles. The number of halogens is 1. The second-order valence-corrected chi connectivity index (χ2v) is 8.61. The quantitative estimate of drug-likeness (QED) is 0.848. The first-order chi connectivity index (χ1) is 9.34. The fraction of sp³-hybridized carbons (Fsp3) is 0.357. The summed E-state index contributed by atoms with van der Waals surface area (Å²) >= 11 is 6.59. The van der Waals surface area contributed by atoms with Gasteiger partial charge < -0.3 is 11.1 Å². The van der Waals surface area contributed by atoms with E-state index < -0.39 is 0 Å². The molecule has 3 N–H and O–H groups in total. The predicted octanol–water partition coefficient (Wildman–Crippen LogP) is 4.12. The van der Waals surface area contributed by atoms with Gasteiger partial charge in [-0.2, -0.15) is 11.8 Å². The van der Waals surface area contributed by atoms with Crippen molar-refractivity contribution in [3.8, 4) is 0 Å².